The zero-order valence-electron chi connectivity index (χ0n) is 8.55. The fourth-order valence-corrected chi connectivity index (χ4v) is 2.58. The van der Waals surface area contributed by atoms with Gasteiger partial charge >= 0.3 is 0 Å². The Morgan fingerprint density at radius 2 is 2.36 bits per heavy atom. The van der Waals surface area contributed by atoms with Crippen LogP contribution in [0.3, 0.4) is 0 Å². The minimum atomic E-state index is 0.405. The third kappa shape index (κ3) is 3.58. The molecule has 1 aromatic rings. The smallest absolute Gasteiger partial charge is 0.0931 e. The van der Waals surface area contributed by atoms with Crippen LogP contribution in [0.2, 0.25) is 4.34 Å². The summed E-state index contributed by atoms with van der Waals surface area (Å²) in [6.45, 7) is 0.817. The van der Waals surface area contributed by atoms with E-state index >= 15 is 0 Å². The number of nitrogens with one attached hydrogen (secondary N) is 1. The molecule has 4 heteroatoms. The molecule has 0 fully saturated rings. The lowest BCUT2D eigenvalue weighted by Crippen LogP contribution is -2.15. The molecule has 1 N–H and O–H groups in total. The molecule has 1 aromatic heterocycles. The molecule has 14 heavy (non-hydrogen) atoms. The summed E-state index contributed by atoms with van der Waals surface area (Å²) in [6, 6.07) is 4.44. The van der Waals surface area contributed by atoms with Crippen LogP contribution >= 0.6 is 22.9 Å². The third-order valence-corrected chi connectivity index (χ3v) is 3.47. The highest BCUT2D eigenvalue weighted by Crippen LogP contribution is 2.28. The minimum Gasteiger partial charge on any atom is -0.385 e. The maximum absolute atomic E-state index is 5.89. The van der Waals surface area contributed by atoms with Crippen LogP contribution in [0, 0.1) is 0 Å². The zero-order valence-corrected chi connectivity index (χ0v) is 10.1. The van der Waals surface area contributed by atoms with Gasteiger partial charge in [-0.1, -0.05) is 11.6 Å². The average Bonchev–Trinajstić information content (AvgIpc) is 2.60. The van der Waals surface area contributed by atoms with Gasteiger partial charge in [-0.2, -0.15) is 0 Å². The third-order valence-electron chi connectivity index (χ3n) is 2.13. The van der Waals surface area contributed by atoms with Gasteiger partial charge in [0.2, 0.25) is 0 Å². The number of rotatable bonds is 6. The highest BCUT2D eigenvalue weighted by atomic mass is 35.5. The van der Waals surface area contributed by atoms with Gasteiger partial charge in [-0.05, 0) is 32.0 Å². The number of hydrogen-bond donors (Lipinski definition) is 1. The van der Waals surface area contributed by atoms with E-state index < -0.39 is 0 Å². The van der Waals surface area contributed by atoms with E-state index in [0.29, 0.717) is 6.04 Å². The molecule has 0 aliphatic carbocycles. The molecule has 0 saturated heterocycles. The van der Waals surface area contributed by atoms with Crippen LogP contribution in [0.5, 0.6) is 0 Å². The van der Waals surface area contributed by atoms with Gasteiger partial charge in [0.1, 0.15) is 0 Å². The Labute approximate surface area is 94.2 Å². The molecular weight excluding hydrogens is 218 g/mol. The van der Waals surface area contributed by atoms with Crippen molar-refractivity contribution < 1.29 is 4.74 Å². The van der Waals surface area contributed by atoms with Crippen LogP contribution in [0.4, 0.5) is 0 Å². The Balaban J connectivity index is 2.45. The molecule has 1 atom stereocenters. The van der Waals surface area contributed by atoms with Crippen molar-refractivity contribution in [3.05, 3.63) is 21.3 Å². The predicted molar refractivity (Wildman–Crippen MR) is 62.2 cm³/mol. The van der Waals surface area contributed by atoms with Gasteiger partial charge in [-0.15, -0.1) is 11.3 Å². The normalized spacial score (nSPS) is 13.1. The molecule has 1 rings (SSSR count). The first-order chi connectivity index (χ1) is 6.77. The first-order valence-electron chi connectivity index (χ1n) is 4.69. The van der Waals surface area contributed by atoms with Gasteiger partial charge in [-0.25, -0.2) is 0 Å². The Bertz CT molecular complexity index is 264. The van der Waals surface area contributed by atoms with Gasteiger partial charge in [0.15, 0.2) is 0 Å². The van der Waals surface area contributed by atoms with Crippen molar-refractivity contribution >= 4 is 22.9 Å². The van der Waals surface area contributed by atoms with Crippen LogP contribution in [0.25, 0.3) is 0 Å². The van der Waals surface area contributed by atoms with E-state index in [2.05, 4.69) is 11.4 Å². The van der Waals surface area contributed by atoms with Crippen LogP contribution in [0.1, 0.15) is 23.8 Å². The van der Waals surface area contributed by atoms with Gasteiger partial charge in [0.05, 0.1) is 4.34 Å². The number of ether oxygens (including phenoxy) is 1. The van der Waals surface area contributed by atoms with E-state index in [4.69, 9.17) is 16.3 Å². The molecule has 0 spiro atoms. The standard InChI is InChI=1S/C10H16ClNOS/c1-12-8(4-3-7-13-2)9-5-6-10(11)14-9/h5-6,8,12H,3-4,7H2,1-2H3. The summed E-state index contributed by atoms with van der Waals surface area (Å²) in [5.74, 6) is 0. The maximum Gasteiger partial charge on any atom is 0.0931 e. The summed E-state index contributed by atoms with van der Waals surface area (Å²) in [6.07, 6.45) is 2.15. The van der Waals surface area contributed by atoms with Crippen LogP contribution in [0.15, 0.2) is 12.1 Å². The van der Waals surface area contributed by atoms with Crippen molar-refractivity contribution in [2.24, 2.45) is 0 Å². The molecule has 0 aromatic carbocycles. The molecule has 2 nitrogen and oxygen atoms in total. The Morgan fingerprint density at radius 1 is 1.57 bits per heavy atom. The number of hydrogen-bond acceptors (Lipinski definition) is 3. The summed E-state index contributed by atoms with van der Waals surface area (Å²) in [4.78, 5) is 1.30. The van der Waals surface area contributed by atoms with Crippen molar-refractivity contribution in [3.8, 4) is 0 Å². The summed E-state index contributed by atoms with van der Waals surface area (Å²) >= 11 is 7.53. The van der Waals surface area contributed by atoms with Gasteiger partial charge in [-0.3, -0.25) is 0 Å². The molecule has 1 unspecified atom stereocenters. The quantitative estimate of drug-likeness (QED) is 0.763. The molecule has 0 aliphatic heterocycles. The molecule has 1 heterocycles. The van der Waals surface area contributed by atoms with Crippen LogP contribution in [-0.2, 0) is 4.74 Å². The maximum atomic E-state index is 5.89. The second-order valence-electron chi connectivity index (χ2n) is 3.12. The van der Waals surface area contributed by atoms with Gasteiger partial charge in [0, 0.05) is 24.6 Å². The average molecular weight is 234 g/mol. The predicted octanol–water partition coefficient (Wildman–Crippen LogP) is 3.09. The lowest BCUT2D eigenvalue weighted by molar-refractivity contribution is 0.189. The Kier molecular flexibility index (Phi) is 5.48. The summed E-state index contributed by atoms with van der Waals surface area (Å²) in [7, 11) is 3.71. The number of methoxy groups -OCH3 is 1. The SMILES string of the molecule is CNC(CCCOC)c1ccc(Cl)s1. The van der Waals surface area contributed by atoms with Crippen molar-refractivity contribution in [3.63, 3.8) is 0 Å². The van der Waals surface area contributed by atoms with E-state index in [9.17, 15) is 0 Å². The van der Waals surface area contributed by atoms with Crippen LogP contribution < -0.4 is 5.32 Å². The largest absolute Gasteiger partial charge is 0.385 e. The minimum absolute atomic E-state index is 0.405. The van der Waals surface area contributed by atoms with E-state index in [1.54, 1.807) is 18.4 Å². The molecule has 0 bridgehead atoms. The Hall–Kier alpha value is -0.0900. The van der Waals surface area contributed by atoms with E-state index in [1.165, 1.54) is 4.88 Å². The molecule has 80 valence electrons. The zero-order chi connectivity index (χ0) is 10.4. The molecule has 0 aliphatic rings. The number of halogens is 1. The van der Waals surface area contributed by atoms with Crippen molar-refractivity contribution in [2.45, 2.75) is 18.9 Å². The lowest BCUT2D eigenvalue weighted by Gasteiger charge is -2.13. The lowest BCUT2D eigenvalue weighted by atomic mass is 10.1. The second-order valence-corrected chi connectivity index (χ2v) is 4.86. The van der Waals surface area contributed by atoms with Crippen molar-refractivity contribution in [1.82, 2.24) is 5.32 Å². The molecule has 0 amide bonds. The summed E-state index contributed by atoms with van der Waals surface area (Å²) in [5.41, 5.74) is 0. The summed E-state index contributed by atoms with van der Waals surface area (Å²) < 4.78 is 5.88. The fraction of sp³-hybridized carbons (Fsp3) is 0.600. The van der Waals surface area contributed by atoms with E-state index in [0.717, 1.165) is 23.8 Å². The molecular formula is C10H16ClNOS. The van der Waals surface area contributed by atoms with E-state index in [-0.39, 0.29) is 0 Å². The first-order valence-corrected chi connectivity index (χ1v) is 5.88. The van der Waals surface area contributed by atoms with Crippen LogP contribution in [-0.4, -0.2) is 20.8 Å². The number of thiophene rings is 1. The van der Waals surface area contributed by atoms with E-state index in [1.807, 2.05) is 13.1 Å². The second kappa shape index (κ2) is 6.40. The molecule has 0 saturated carbocycles. The van der Waals surface area contributed by atoms with Gasteiger partial charge < -0.3 is 10.1 Å². The highest BCUT2D eigenvalue weighted by Gasteiger charge is 2.10. The molecule has 0 radical (unpaired) electrons. The van der Waals surface area contributed by atoms with Crippen molar-refractivity contribution in [2.75, 3.05) is 20.8 Å². The Morgan fingerprint density at radius 3 is 2.86 bits per heavy atom. The van der Waals surface area contributed by atoms with Gasteiger partial charge in [0.25, 0.3) is 0 Å². The first kappa shape index (κ1) is 12.0. The topological polar surface area (TPSA) is 21.3 Å². The van der Waals surface area contributed by atoms with Crippen molar-refractivity contribution in [1.29, 1.82) is 0 Å². The fourth-order valence-electron chi connectivity index (χ4n) is 1.38. The highest BCUT2D eigenvalue weighted by molar-refractivity contribution is 7.16. The monoisotopic (exact) mass is 233 g/mol. The summed E-state index contributed by atoms with van der Waals surface area (Å²) in [5, 5.41) is 3.29.